The van der Waals surface area contributed by atoms with Crippen LogP contribution in [0.25, 0.3) is 0 Å². The molecule has 0 unspecified atom stereocenters. The number of carbonyl (C=O) groups is 1. The van der Waals surface area contributed by atoms with Crippen LogP contribution in [0, 0.1) is 0 Å². The molecule has 4 heteroatoms. The Morgan fingerprint density at radius 2 is 2.15 bits per heavy atom. The maximum Gasteiger partial charge on any atom is 0.227 e. The van der Waals surface area contributed by atoms with Crippen LogP contribution in [0.5, 0.6) is 0 Å². The van der Waals surface area contributed by atoms with Gasteiger partial charge in [0, 0.05) is 33.7 Å². The molecular weight excluding hydrogens is 286 g/mol. The van der Waals surface area contributed by atoms with Gasteiger partial charge in [0.15, 0.2) is 0 Å². The SMILES string of the molecule is CC(C)Sc1ccc(CC(=O)N2C[C@H]3C[C@H]2CS3)cc1. The van der Waals surface area contributed by atoms with Gasteiger partial charge in [-0.1, -0.05) is 26.0 Å². The fourth-order valence-corrected chi connectivity index (χ4v) is 5.21. The molecule has 2 aliphatic heterocycles. The highest BCUT2D eigenvalue weighted by Crippen LogP contribution is 2.37. The molecule has 0 aromatic heterocycles. The maximum atomic E-state index is 12.4. The lowest BCUT2D eigenvalue weighted by Crippen LogP contribution is -2.40. The number of hydrogen-bond acceptors (Lipinski definition) is 3. The Balaban J connectivity index is 1.59. The summed E-state index contributed by atoms with van der Waals surface area (Å²) in [6.45, 7) is 5.36. The first-order chi connectivity index (χ1) is 9.61. The summed E-state index contributed by atoms with van der Waals surface area (Å²) < 4.78 is 0. The number of amides is 1. The van der Waals surface area contributed by atoms with Crippen molar-refractivity contribution in [2.75, 3.05) is 12.3 Å². The summed E-state index contributed by atoms with van der Waals surface area (Å²) in [6.07, 6.45) is 1.76. The summed E-state index contributed by atoms with van der Waals surface area (Å²) >= 11 is 3.89. The lowest BCUT2D eigenvalue weighted by molar-refractivity contribution is -0.130. The Labute approximate surface area is 129 Å². The normalized spacial score (nSPS) is 24.6. The Hall–Kier alpha value is -0.610. The molecule has 0 radical (unpaired) electrons. The van der Waals surface area contributed by atoms with E-state index in [9.17, 15) is 4.79 Å². The summed E-state index contributed by atoms with van der Waals surface area (Å²) in [5.74, 6) is 1.45. The van der Waals surface area contributed by atoms with E-state index in [4.69, 9.17) is 0 Å². The minimum atomic E-state index is 0.307. The zero-order chi connectivity index (χ0) is 14.1. The van der Waals surface area contributed by atoms with E-state index in [1.807, 2.05) is 23.5 Å². The van der Waals surface area contributed by atoms with E-state index >= 15 is 0 Å². The van der Waals surface area contributed by atoms with Gasteiger partial charge in [-0.05, 0) is 24.1 Å². The van der Waals surface area contributed by atoms with Crippen molar-refractivity contribution < 1.29 is 4.79 Å². The average Bonchev–Trinajstić information content (AvgIpc) is 3.03. The second-order valence-electron chi connectivity index (χ2n) is 5.88. The lowest BCUT2D eigenvalue weighted by Gasteiger charge is -2.26. The van der Waals surface area contributed by atoms with E-state index in [1.54, 1.807) is 0 Å². The van der Waals surface area contributed by atoms with Gasteiger partial charge < -0.3 is 4.90 Å². The predicted molar refractivity (Wildman–Crippen MR) is 87.5 cm³/mol. The minimum absolute atomic E-state index is 0.307. The quantitative estimate of drug-likeness (QED) is 0.795. The van der Waals surface area contributed by atoms with Gasteiger partial charge in [-0.2, -0.15) is 11.8 Å². The number of likely N-dealkylation sites (tertiary alicyclic amines) is 1. The van der Waals surface area contributed by atoms with E-state index in [2.05, 4.69) is 43.0 Å². The molecule has 0 saturated carbocycles. The van der Waals surface area contributed by atoms with Crippen LogP contribution < -0.4 is 0 Å². The third-order valence-electron chi connectivity index (χ3n) is 3.87. The van der Waals surface area contributed by atoms with Gasteiger partial charge in [-0.25, -0.2) is 0 Å². The molecule has 1 aromatic carbocycles. The van der Waals surface area contributed by atoms with Crippen molar-refractivity contribution in [2.45, 2.75) is 48.1 Å². The highest BCUT2D eigenvalue weighted by molar-refractivity contribution is 8.00. The number of nitrogens with zero attached hydrogens (tertiary/aromatic N) is 1. The van der Waals surface area contributed by atoms with Crippen molar-refractivity contribution in [3.05, 3.63) is 29.8 Å². The van der Waals surface area contributed by atoms with Crippen LogP contribution in [0.3, 0.4) is 0 Å². The van der Waals surface area contributed by atoms with E-state index in [0.29, 0.717) is 28.9 Å². The zero-order valence-corrected chi connectivity index (χ0v) is 13.7. The van der Waals surface area contributed by atoms with Crippen molar-refractivity contribution in [3.63, 3.8) is 0 Å². The van der Waals surface area contributed by atoms with Crippen molar-refractivity contribution in [1.82, 2.24) is 4.90 Å². The predicted octanol–water partition coefficient (Wildman–Crippen LogP) is 3.45. The monoisotopic (exact) mass is 307 g/mol. The molecule has 108 valence electrons. The van der Waals surface area contributed by atoms with Crippen LogP contribution in [0.4, 0.5) is 0 Å². The molecule has 1 aromatic rings. The number of carbonyl (C=O) groups excluding carboxylic acids is 1. The van der Waals surface area contributed by atoms with Gasteiger partial charge in [-0.15, -0.1) is 11.8 Å². The van der Waals surface area contributed by atoms with E-state index in [0.717, 1.165) is 17.9 Å². The molecule has 2 bridgehead atoms. The van der Waals surface area contributed by atoms with E-state index < -0.39 is 0 Å². The van der Waals surface area contributed by atoms with Crippen LogP contribution in [-0.2, 0) is 11.2 Å². The second kappa shape index (κ2) is 6.02. The molecule has 2 aliphatic rings. The highest BCUT2D eigenvalue weighted by atomic mass is 32.2. The van der Waals surface area contributed by atoms with Crippen LogP contribution in [0.2, 0.25) is 0 Å². The minimum Gasteiger partial charge on any atom is -0.337 e. The average molecular weight is 307 g/mol. The fraction of sp³-hybridized carbons (Fsp3) is 0.562. The molecule has 20 heavy (non-hydrogen) atoms. The van der Waals surface area contributed by atoms with Crippen molar-refractivity contribution >= 4 is 29.4 Å². The zero-order valence-electron chi connectivity index (χ0n) is 12.0. The number of hydrogen-bond donors (Lipinski definition) is 0. The van der Waals surface area contributed by atoms with Crippen LogP contribution in [-0.4, -0.2) is 39.6 Å². The smallest absolute Gasteiger partial charge is 0.227 e. The first-order valence-electron chi connectivity index (χ1n) is 7.28. The standard InChI is InChI=1S/C16H21NOS2/c1-11(2)20-14-5-3-12(4-6-14)7-16(18)17-9-15-8-13(17)10-19-15/h3-6,11,13,15H,7-10H2,1-2H3/t13-,15+/m0/s1. The van der Waals surface area contributed by atoms with Crippen molar-refractivity contribution in [2.24, 2.45) is 0 Å². The van der Waals surface area contributed by atoms with E-state index in [1.165, 1.54) is 11.3 Å². The van der Waals surface area contributed by atoms with Gasteiger partial charge in [0.25, 0.3) is 0 Å². The fourth-order valence-electron chi connectivity index (χ4n) is 2.94. The maximum absolute atomic E-state index is 12.4. The molecule has 2 nitrogen and oxygen atoms in total. The van der Waals surface area contributed by atoms with Gasteiger partial charge in [0.05, 0.1) is 6.42 Å². The molecule has 2 saturated heterocycles. The molecule has 0 N–H and O–H groups in total. The molecule has 1 amide bonds. The van der Waals surface area contributed by atoms with E-state index in [-0.39, 0.29) is 0 Å². The first kappa shape index (κ1) is 14.3. The molecular formula is C16H21NOS2. The summed E-state index contributed by atoms with van der Waals surface area (Å²) in [6, 6.07) is 8.99. The molecule has 0 spiro atoms. The topological polar surface area (TPSA) is 20.3 Å². The Bertz CT molecular complexity index is 486. The number of benzene rings is 1. The Morgan fingerprint density at radius 3 is 2.70 bits per heavy atom. The van der Waals surface area contributed by atoms with Gasteiger partial charge >= 0.3 is 0 Å². The first-order valence-corrected chi connectivity index (χ1v) is 9.21. The summed E-state index contributed by atoms with van der Waals surface area (Å²) in [5, 5.41) is 1.30. The molecule has 3 rings (SSSR count). The van der Waals surface area contributed by atoms with Crippen LogP contribution >= 0.6 is 23.5 Å². The van der Waals surface area contributed by atoms with Crippen molar-refractivity contribution in [3.8, 4) is 0 Å². The van der Waals surface area contributed by atoms with Crippen molar-refractivity contribution in [1.29, 1.82) is 0 Å². The number of fused-ring (bicyclic) bond motifs is 2. The highest BCUT2D eigenvalue weighted by Gasteiger charge is 2.40. The molecule has 0 aliphatic carbocycles. The molecule has 2 fully saturated rings. The molecule has 2 heterocycles. The van der Waals surface area contributed by atoms with Crippen LogP contribution in [0.1, 0.15) is 25.8 Å². The third kappa shape index (κ3) is 3.17. The third-order valence-corrected chi connectivity index (χ3v) is 6.28. The number of rotatable bonds is 4. The van der Waals surface area contributed by atoms with Crippen LogP contribution in [0.15, 0.2) is 29.2 Å². The molecule has 2 atom stereocenters. The summed E-state index contributed by atoms with van der Waals surface area (Å²) in [7, 11) is 0. The summed E-state index contributed by atoms with van der Waals surface area (Å²) in [4.78, 5) is 15.8. The van der Waals surface area contributed by atoms with Gasteiger partial charge in [0.2, 0.25) is 5.91 Å². The van der Waals surface area contributed by atoms with Gasteiger partial charge in [-0.3, -0.25) is 4.79 Å². The van der Waals surface area contributed by atoms with Gasteiger partial charge in [0.1, 0.15) is 0 Å². The number of thioether (sulfide) groups is 2. The Morgan fingerprint density at radius 1 is 1.40 bits per heavy atom. The largest absolute Gasteiger partial charge is 0.337 e. The summed E-state index contributed by atoms with van der Waals surface area (Å²) in [5.41, 5.74) is 1.14. The second-order valence-corrected chi connectivity index (χ2v) is 8.86. The lowest BCUT2D eigenvalue weighted by atomic mass is 10.1. The Kier molecular flexibility index (Phi) is 4.32.